The standard InChI is InChI=1S/C22H27NO5/c1-3-26-21(22(25)27-4-2)15-18-7-11-20(12-8-18)28-14-13-17-5-9-19(10-6-17)23-16-24/h5-12,16,21H,3-4,13-15H2,1-2H3,(H,23,24)/t21-/m0/s1. The van der Waals surface area contributed by atoms with E-state index in [1.54, 1.807) is 6.92 Å². The molecule has 0 aliphatic heterocycles. The van der Waals surface area contributed by atoms with Crippen LogP contribution in [-0.4, -0.2) is 38.3 Å². The molecule has 0 heterocycles. The van der Waals surface area contributed by atoms with Crippen molar-refractivity contribution in [3.8, 4) is 5.75 Å². The van der Waals surface area contributed by atoms with E-state index in [2.05, 4.69) is 5.32 Å². The van der Waals surface area contributed by atoms with Gasteiger partial charge in [-0.05, 0) is 49.2 Å². The second-order valence-electron chi connectivity index (χ2n) is 6.10. The topological polar surface area (TPSA) is 73.9 Å². The Bertz CT molecular complexity index is 728. The Hall–Kier alpha value is -2.86. The highest BCUT2D eigenvalue weighted by atomic mass is 16.6. The Balaban J connectivity index is 1.82. The van der Waals surface area contributed by atoms with Gasteiger partial charge in [-0.2, -0.15) is 0 Å². The Morgan fingerprint density at radius 3 is 2.29 bits per heavy atom. The van der Waals surface area contributed by atoms with Gasteiger partial charge in [0, 0.05) is 25.1 Å². The second kappa shape index (κ2) is 11.8. The number of benzene rings is 2. The van der Waals surface area contributed by atoms with E-state index in [0.717, 1.165) is 29.0 Å². The molecule has 0 saturated carbocycles. The molecule has 2 aromatic rings. The number of carbonyl (C=O) groups is 2. The molecule has 0 aliphatic rings. The molecule has 2 aromatic carbocycles. The maximum Gasteiger partial charge on any atom is 0.335 e. The molecule has 0 aliphatic carbocycles. The van der Waals surface area contributed by atoms with E-state index in [9.17, 15) is 9.59 Å². The van der Waals surface area contributed by atoms with Crippen LogP contribution in [0.4, 0.5) is 5.69 Å². The fraction of sp³-hybridized carbons (Fsp3) is 0.364. The number of amides is 1. The fourth-order valence-corrected chi connectivity index (χ4v) is 2.70. The van der Waals surface area contributed by atoms with Crippen LogP contribution >= 0.6 is 0 Å². The van der Waals surface area contributed by atoms with Gasteiger partial charge in [0.2, 0.25) is 6.41 Å². The molecule has 2 rings (SSSR count). The number of nitrogens with one attached hydrogen (secondary N) is 1. The van der Waals surface area contributed by atoms with Crippen molar-refractivity contribution in [3.63, 3.8) is 0 Å². The van der Waals surface area contributed by atoms with Crippen LogP contribution in [0.25, 0.3) is 0 Å². The van der Waals surface area contributed by atoms with Crippen LogP contribution in [0.15, 0.2) is 48.5 Å². The predicted molar refractivity (Wildman–Crippen MR) is 108 cm³/mol. The summed E-state index contributed by atoms with van der Waals surface area (Å²) in [6.45, 7) is 4.98. The number of hydrogen-bond donors (Lipinski definition) is 1. The molecule has 0 radical (unpaired) electrons. The first kappa shape index (κ1) is 21.4. The number of hydrogen-bond acceptors (Lipinski definition) is 5. The lowest BCUT2D eigenvalue weighted by Crippen LogP contribution is -2.28. The number of rotatable bonds is 12. The first-order valence-corrected chi connectivity index (χ1v) is 9.45. The van der Waals surface area contributed by atoms with Crippen molar-refractivity contribution in [2.24, 2.45) is 0 Å². The zero-order valence-electron chi connectivity index (χ0n) is 16.4. The van der Waals surface area contributed by atoms with Gasteiger partial charge >= 0.3 is 5.97 Å². The molecule has 0 spiro atoms. The van der Waals surface area contributed by atoms with Gasteiger partial charge in [0.1, 0.15) is 5.75 Å². The highest BCUT2D eigenvalue weighted by Gasteiger charge is 2.20. The van der Waals surface area contributed by atoms with Crippen molar-refractivity contribution in [1.29, 1.82) is 0 Å². The van der Waals surface area contributed by atoms with E-state index in [4.69, 9.17) is 14.2 Å². The lowest BCUT2D eigenvalue weighted by molar-refractivity contribution is -0.156. The molecule has 1 atom stereocenters. The number of carbonyl (C=O) groups excluding carboxylic acids is 2. The fourth-order valence-electron chi connectivity index (χ4n) is 2.70. The third-order valence-corrected chi connectivity index (χ3v) is 4.10. The maximum absolute atomic E-state index is 11.9. The summed E-state index contributed by atoms with van der Waals surface area (Å²) in [5, 5.41) is 2.61. The molecule has 1 amide bonds. The van der Waals surface area contributed by atoms with Gasteiger partial charge in [-0.25, -0.2) is 4.79 Å². The first-order chi connectivity index (χ1) is 13.7. The highest BCUT2D eigenvalue weighted by molar-refractivity contribution is 5.75. The smallest absolute Gasteiger partial charge is 0.335 e. The summed E-state index contributed by atoms with van der Waals surface area (Å²) in [6, 6.07) is 15.3. The van der Waals surface area contributed by atoms with Crippen LogP contribution in [0.5, 0.6) is 5.75 Å². The third-order valence-electron chi connectivity index (χ3n) is 4.10. The first-order valence-electron chi connectivity index (χ1n) is 9.45. The summed E-state index contributed by atoms with van der Waals surface area (Å²) >= 11 is 0. The van der Waals surface area contributed by atoms with E-state index >= 15 is 0 Å². The zero-order valence-corrected chi connectivity index (χ0v) is 16.4. The molecule has 0 bridgehead atoms. The van der Waals surface area contributed by atoms with E-state index in [1.807, 2.05) is 55.5 Å². The monoisotopic (exact) mass is 385 g/mol. The molecule has 150 valence electrons. The molecule has 0 saturated heterocycles. The Kier molecular flexibility index (Phi) is 9.01. The quantitative estimate of drug-likeness (QED) is 0.448. The average molecular weight is 385 g/mol. The zero-order chi connectivity index (χ0) is 20.2. The molecular formula is C22H27NO5. The number of esters is 1. The Morgan fingerprint density at radius 1 is 1.00 bits per heavy atom. The Morgan fingerprint density at radius 2 is 1.68 bits per heavy atom. The van der Waals surface area contributed by atoms with Crippen LogP contribution < -0.4 is 10.1 Å². The van der Waals surface area contributed by atoms with Gasteiger partial charge in [-0.15, -0.1) is 0 Å². The highest BCUT2D eigenvalue weighted by Crippen LogP contribution is 2.16. The van der Waals surface area contributed by atoms with Crippen LogP contribution in [0, 0.1) is 0 Å². The van der Waals surface area contributed by atoms with Gasteiger partial charge in [0.25, 0.3) is 0 Å². The largest absolute Gasteiger partial charge is 0.493 e. The summed E-state index contributed by atoms with van der Waals surface area (Å²) < 4.78 is 16.3. The molecule has 0 aromatic heterocycles. The van der Waals surface area contributed by atoms with Crippen LogP contribution in [-0.2, 0) is 31.9 Å². The van der Waals surface area contributed by atoms with Crippen molar-refractivity contribution in [3.05, 3.63) is 59.7 Å². The van der Waals surface area contributed by atoms with E-state index in [-0.39, 0.29) is 5.97 Å². The SMILES string of the molecule is CCOC(=O)[C@H](Cc1ccc(OCCc2ccc(NC=O)cc2)cc1)OCC. The predicted octanol–water partition coefficient (Wildman–Crippen LogP) is 3.39. The summed E-state index contributed by atoms with van der Waals surface area (Å²) in [4.78, 5) is 22.4. The molecule has 28 heavy (non-hydrogen) atoms. The van der Waals surface area contributed by atoms with E-state index in [1.165, 1.54) is 0 Å². The number of anilines is 1. The maximum atomic E-state index is 11.9. The van der Waals surface area contributed by atoms with Crippen molar-refractivity contribution in [2.75, 3.05) is 25.1 Å². The summed E-state index contributed by atoms with van der Waals surface area (Å²) in [5.41, 5.74) is 2.88. The van der Waals surface area contributed by atoms with Crippen molar-refractivity contribution in [1.82, 2.24) is 0 Å². The van der Waals surface area contributed by atoms with E-state index in [0.29, 0.717) is 32.7 Å². The summed E-state index contributed by atoms with van der Waals surface area (Å²) in [6.07, 6.45) is 1.30. The number of ether oxygens (including phenoxy) is 3. The van der Waals surface area contributed by atoms with Gasteiger partial charge in [0.05, 0.1) is 13.2 Å². The minimum absolute atomic E-state index is 0.334. The van der Waals surface area contributed by atoms with Gasteiger partial charge in [0.15, 0.2) is 6.10 Å². The molecule has 6 nitrogen and oxygen atoms in total. The Labute approximate surface area is 165 Å². The van der Waals surface area contributed by atoms with E-state index < -0.39 is 6.10 Å². The molecule has 6 heteroatoms. The van der Waals surface area contributed by atoms with Gasteiger partial charge in [-0.3, -0.25) is 4.79 Å². The van der Waals surface area contributed by atoms with Gasteiger partial charge in [-0.1, -0.05) is 24.3 Å². The second-order valence-corrected chi connectivity index (χ2v) is 6.10. The van der Waals surface area contributed by atoms with Crippen LogP contribution in [0.1, 0.15) is 25.0 Å². The lowest BCUT2D eigenvalue weighted by atomic mass is 10.1. The minimum Gasteiger partial charge on any atom is -0.493 e. The molecule has 0 unspecified atom stereocenters. The third kappa shape index (κ3) is 7.04. The van der Waals surface area contributed by atoms with Crippen LogP contribution in [0.2, 0.25) is 0 Å². The van der Waals surface area contributed by atoms with Crippen LogP contribution in [0.3, 0.4) is 0 Å². The van der Waals surface area contributed by atoms with Crippen molar-refractivity contribution in [2.45, 2.75) is 32.8 Å². The average Bonchev–Trinajstić information content (AvgIpc) is 2.70. The van der Waals surface area contributed by atoms with Gasteiger partial charge < -0.3 is 19.5 Å². The summed E-state index contributed by atoms with van der Waals surface area (Å²) in [7, 11) is 0. The molecular weight excluding hydrogens is 358 g/mol. The van der Waals surface area contributed by atoms with Crippen molar-refractivity contribution < 1.29 is 23.8 Å². The molecule has 0 fully saturated rings. The summed E-state index contributed by atoms with van der Waals surface area (Å²) in [5.74, 6) is 0.436. The molecule has 1 N–H and O–H groups in total. The minimum atomic E-state index is -0.589. The van der Waals surface area contributed by atoms with Crippen molar-refractivity contribution >= 4 is 18.1 Å². The normalized spacial score (nSPS) is 11.5. The lowest BCUT2D eigenvalue weighted by Gasteiger charge is -2.15.